The smallest absolute Gasteiger partial charge is 0.348 e. The quantitative estimate of drug-likeness (QED) is 0.520. The van der Waals surface area contributed by atoms with Gasteiger partial charge in [-0.15, -0.1) is 0 Å². The Balaban J connectivity index is 1.79. The molecule has 2 heterocycles. The molecule has 0 unspecified atom stereocenters. The van der Waals surface area contributed by atoms with Crippen LogP contribution in [-0.2, 0) is 0 Å². The molecule has 1 aliphatic rings. The largest absolute Gasteiger partial charge is 0.355 e. The Labute approximate surface area is 176 Å². The van der Waals surface area contributed by atoms with Crippen LogP contribution < -0.4 is 15.8 Å². The monoisotopic (exact) mass is 439 g/mol. The van der Waals surface area contributed by atoms with E-state index in [1.165, 1.54) is 24.5 Å². The first-order valence-corrected chi connectivity index (χ1v) is 9.64. The van der Waals surface area contributed by atoms with Crippen molar-refractivity contribution in [3.05, 3.63) is 50.2 Å². The van der Waals surface area contributed by atoms with Crippen LogP contribution in [0.5, 0.6) is 0 Å². The summed E-state index contributed by atoms with van der Waals surface area (Å²) in [7, 11) is 0. The van der Waals surface area contributed by atoms with Crippen molar-refractivity contribution in [3.63, 3.8) is 0 Å². The fourth-order valence-corrected chi connectivity index (χ4v) is 3.49. The van der Waals surface area contributed by atoms with Gasteiger partial charge in [-0.25, -0.2) is 9.97 Å². The first-order valence-electron chi connectivity index (χ1n) is 8.88. The van der Waals surface area contributed by atoms with E-state index in [9.17, 15) is 14.9 Å². The van der Waals surface area contributed by atoms with Crippen molar-refractivity contribution in [1.82, 2.24) is 20.3 Å². The summed E-state index contributed by atoms with van der Waals surface area (Å²) in [4.78, 5) is 35.6. The zero-order chi connectivity index (χ0) is 21.0. The summed E-state index contributed by atoms with van der Waals surface area (Å²) in [6.45, 7) is 5.78. The predicted octanol–water partition coefficient (Wildman–Crippen LogP) is 2.59. The van der Waals surface area contributed by atoms with E-state index in [0.29, 0.717) is 18.1 Å². The highest BCUT2D eigenvalue weighted by molar-refractivity contribution is 6.36. The second-order valence-electron chi connectivity index (χ2n) is 6.28. The zero-order valence-corrected chi connectivity index (χ0v) is 17.1. The van der Waals surface area contributed by atoms with Gasteiger partial charge in [-0.3, -0.25) is 25.8 Å². The molecule has 154 valence electrons. The third kappa shape index (κ3) is 4.84. The average Bonchev–Trinajstić information content (AvgIpc) is 2.71. The number of nitro groups is 1. The molecule has 10 nitrogen and oxygen atoms in total. The van der Waals surface area contributed by atoms with Crippen LogP contribution in [0.1, 0.15) is 17.3 Å². The first kappa shape index (κ1) is 21.0. The van der Waals surface area contributed by atoms with Gasteiger partial charge in [0.05, 0.1) is 15.5 Å². The molecule has 1 saturated heterocycles. The maximum absolute atomic E-state index is 12.4. The number of rotatable bonds is 6. The summed E-state index contributed by atoms with van der Waals surface area (Å²) in [5.74, 6) is -0.490. The second kappa shape index (κ2) is 9.21. The highest BCUT2D eigenvalue weighted by atomic mass is 35.5. The topological polar surface area (TPSA) is 117 Å². The maximum Gasteiger partial charge on any atom is 0.355 e. The molecule has 1 fully saturated rings. The minimum absolute atomic E-state index is 0.114. The number of hydrogen-bond donors (Lipinski definition) is 2. The molecule has 0 bridgehead atoms. The third-order valence-electron chi connectivity index (χ3n) is 4.57. The van der Waals surface area contributed by atoms with Crippen LogP contribution in [-0.4, -0.2) is 58.4 Å². The molecule has 2 N–H and O–H groups in total. The molecule has 0 atom stereocenters. The Bertz CT molecular complexity index is 920. The highest BCUT2D eigenvalue weighted by Gasteiger charge is 2.29. The first-order chi connectivity index (χ1) is 13.9. The molecular formula is C17H19Cl2N7O3. The lowest BCUT2D eigenvalue weighted by molar-refractivity contribution is -0.383. The lowest BCUT2D eigenvalue weighted by Crippen LogP contribution is -2.46. The standard InChI is InChI=1S/C17H19Cl2N7O3/c1-2-24-5-7-25(8-6-24)16-14(26(28)29)15(20-10-21-16)22-23-17(27)12-4-3-11(18)9-13(12)19/h3-4,9-10H,2,5-8H2,1H3,(H,23,27)(H,20,21,22). The molecule has 1 aromatic heterocycles. The lowest BCUT2D eigenvalue weighted by atomic mass is 10.2. The van der Waals surface area contributed by atoms with Crippen molar-refractivity contribution < 1.29 is 9.72 Å². The minimum Gasteiger partial charge on any atom is -0.348 e. The molecule has 1 amide bonds. The predicted molar refractivity (Wildman–Crippen MR) is 111 cm³/mol. The van der Waals surface area contributed by atoms with Gasteiger partial charge >= 0.3 is 5.69 Å². The van der Waals surface area contributed by atoms with Crippen molar-refractivity contribution in [2.24, 2.45) is 0 Å². The van der Waals surface area contributed by atoms with E-state index in [1.807, 2.05) is 4.90 Å². The van der Waals surface area contributed by atoms with Crippen molar-refractivity contribution in [3.8, 4) is 0 Å². The third-order valence-corrected chi connectivity index (χ3v) is 5.12. The van der Waals surface area contributed by atoms with Gasteiger partial charge in [0, 0.05) is 31.2 Å². The van der Waals surface area contributed by atoms with Gasteiger partial charge < -0.3 is 9.80 Å². The molecule has 0 aliphatic carbocycles. The average molecular weight is 440 g/mol. The molecule has 1 aromatic carbocycles. The minimum atomic E-state index is -0.585. The molecule has 0 radical (unpaired) electrons. The summed E-state index contributed by atoms with van der Waals surface area (Å²) in [5, 5.41) is 12.3. The number of nitrogens with zero attached hydrogens (tertiary/aromatic N) is 5. The number of nitrogens with one attached hydrogen (secondary N) is 2. The van der Waals surface area contributed by atoms with Gasteiger partial charge in [0.2, 0.25) is 11.6 Å². The van der Waals surface area contributed by atoms with Crippen LogP contribution in [0.2, 0.25) is 10.0 Å². The van der Waals surface area contributed by atoms with Crippen LogP contribution in [0.25, 0.3) is 0 Å². The fraction of sp³-hybridized carbons (Fsp3) is 0.353. The summed E-state index contributed by atoms with van der Waals surface area (Å²) >= 11 is 11.8. The molecule has 3 rings (SSSR count). The zero-order valence-electron chi connectivity index (χ0n) is 15.6. The molecule has 12 heteroatoms. The van der Waals surface area contributed by atoms with Crippen LogP contribution >= 0.6 is 23.2 Å². The number of carbonyl (C=O) groups excluding carboxylic acids is 1. The van der Waals surface area contributed by atoms with E-state index in [-0.39, 0.29) is 27.9 Å². The van der Waals surface area contributed by atoms with E-state index < -0.39 is 10.8 Å². The van der Waals surface area contributed by atoms with Crippen LogP contribution in [0.4, 0.5) is 17.3 Å². The number of carbonyl (C=O) groups is 1. The second-order valence-corrected chi connectivity index (χ2v) is 7.12. The van der Waals surface area contributed by atoms with E-state index in [1.54, 1.807) is 0 Å². The highest BCUT2D eigenvalue weighted by Crippen LogP contribution is 2.32. The van der Waals surface area contributed by atoms with Crippen LogP contribution in [0.3, 0.4) is 0 Å². The number of halogens is 2. The summed E-state index contributed by atoms with van der Waals surface area (Å²) in [5.41, 5.74) is 4.75. The van der Waals surface area contributed by atoms with Crippen LogP contribution in [0, 0.1) is 10.1 Å². The Hall–Kier alpha value is -2.69. The molecule has 29 heavy (non-hydrogen) atoms. The number of piperazine rings is 1. The molecule has 1 aliphatic heterocycles. The van der Waals surface area contributed by atoms with Gasteiger partial charge in [0.25, 0.3) is 5.91 Å². The van der Waals surface area contributed by atoms with E-state index >= 15 is 0 Å². The summed E-state index contributed by atoms with van der Waals surface area (Å²) < 4.78 is 0. The van der Waals surface area contributed by atoms with Crippen molar-refractivity contribution in [2.75, 3.05) is 43.0 Å². The van der Waals surface area contributed by atoms with Gasteiger partial charge in [0.15, 0.2) is 0 Å². The Morgan fingerprint density at radius 2 is 1.97 bits per heavy atom. The normalized spacial score (nSPS) is 14.5. The maximum atomic E-state index is 12.4. The number of anilines is 2. The molecule has 2 aromatic rings. The summed E-state index contributed by atoms with van der Waals surface area (Å²) in [6.07, 6.45) is 1.22. The van der Waals surface area contributed by atoms with Crippen molar-refractivity contribution in [1.29, 1.82) is 0 Å². The lowest BCUT2D eigenvalue weighted by Gasteiger charge is -2.34. The van der Waals surface area contributed by atoms with Crippen molar-refractivity contribution >= 4 is 46.4 Å². The molecule has 0 spiro atoms. The number of hydrazine groups is 1. The summed E-state index contributed by atoms with van der Waals surface area (Å²) in [6, 6.07) is 4.40. The number of likely N-dealkylation sites (N-methyl/N-ethyl adjacent to an activating group) is 1. The van der Waals surface area contributed by atoms with E-state index in [4.69, 9.17) is 23.2 Å². The van der Waals surface area contributed by atoms with Gasteiger partial charge in [-0.05, 0) is 24.7 Å². The van der Waals surface area contributed by atoms with Gasteiger partial charge in [0.1, 0.15) is 6.33 Å². The fourth-order valence-electron chi connectivity index (χ4n) is 2.99. The SMILES string of the molecule is CCN1CCN(c2ncnc(NNC(=O)c3ccc(Cl)cc3Cl)c2[N+](=O)[O-])CC1. The van der Waals surface area contributed by atoms with Gasteiger partial charge in [-0.2, -0.15) is 0 Å². The molecule has 0 saturated carbocycles. The number of hydrogen-bond acceptors (Lipinski definition) is 8. The van der Waals surface area contributed by atoms with Crippen LogP contribution in [0.15, 0.2) is 24.5 Å². The van der Waals surface area contributed by atoms with Crippen molar-refractivity contribution in [2.45, 2.75) is 6.92 Å². The number of aromatic nitrogens is 2. The number of benzene rings is 1. The van der Waals surface area contributed by atoms with Gasteiger partial charge in [-0.1, -0.05) is 30.1 Å². The Morgan fingerprint density at radius 1 is 1.24 bits per heavy atom. The number of amides is 1. The Morgan fingerprint density at radius 3 is 2.59 bits per heavy atom. The molecular weight excluding hydrogens is 421 g/mol. The van der Waals surface area contributed by atoms with E-state index in [2.05, 4.69) is 32.6 Å². The van der Waals surface area contributed by atoms with E-state index in [0.717, 1.165) is 19.6 Å². The Kier molecular flexibility index (Phi) is 6.68.